The van der Waals surface area contributed by atoms with Gasteiger partial charge in [-0.2, -0.15) is 0 Å². The van der Waals surface area contributed by atoms with Crippen molar-refractivity contribution in [2.75, 3.05) is 6.54 Å². The number of nitrogens with zero attached hydrogens (tertiary/aromatic N) is 2. The van der Waals surface area contributed by atoms with Crippen molar-refractivity contribution in [1.29, 1.82) is 0 Å². The Morgan fingerprint density at radius 3 is 2.57 bits per heavy atom. The van der Waals surface area contributed by atoms with E-state index in [1.54, 1.807) is 17.0 Å². The van der Waals surface area contributed by atoms with Gasteiger partial charge >= 0.3 is 6.09 Å². The summed E-state index contributed by atoms with van der Waals surface area (Å²) in [4.78, 5) is 52.8. The molecule has 1 aliphatic carbocycles. The van der Waals surface area contributed by atoms with Crippen LogP contribution in [0.3, 0.4) is 0 Å². The summed E-state index contributed by atoms with van der Waals surface area (Å²) in [7, 11) is 0. The number of rotatable bonds is 4. The van der Waals surface area contributed by atoms with Gasteiger partial charge < -0.3 is 20.3 Å². The molecule has 1 saturated heterocycles. The van der Waals surface area contributed by atoms with Gasteiger partial charge in [0.1, 0.15) is 11.6 Å². The van der Waals surface area contributed by atoms with Gasteiger partial charge in [0.15, 0.2) is 0 Å². The van der Waals surface area contributed by atoms with Crippen molar-refractivity contribution in [2.45, 2.75) is 96.0 Å². The van der Waals surface area contributed by atoms with E-state index in [0.29, 0.717) is 31.5 Å². The molecule has 1 aromatic rings. The molecule has 37 heavy (non-hydrogen) atoms. The molecule has 2 fully saturated rings. The third kappa shape index (κ3) is 6.50. The Balaban J connectivity index is 1.40. The standard InChI is InChI=1S/C28H36N4O5/c1-28(2,3)37-27(36)31(21-10-8-20(29)9-11-21)15-5-4-6-18-7-12-22-19(16-18)17-32(26(22)35)23-13-14-24(33)30-25(23)34/h7,12,16,20-21,23H,5,8-11,13-15,17,29H2,1-3H3,(H,30,33,34). The number of piperidine rings is 1. The number of nitrogens with two attached hydrogens (primary N) is 1. The Hall–Kier alpha value is -3.38. The Kier molecular flexibility index (Phi) is 7.88. The number of hydrogen-bond acceptors (Lipinski definition) is 6. The van der Waals surface area contributed by atoms with Crippen LogP contribution in [0.2, 0.25) is 0 Å². The van der Waals surface area contributed by atoms with E-state index in [-0.39, 0.29) is 36.4 Å². The average molecular weight is 509 g/mol. The molecule has 4 rings (SSSR count). The minimum absolute atomic E-state index is 0.0979. The van der Waals surface area contributed by atoms with Gasteiger partial charge in [-0.3, -0.25) is 19.7 Å². The molecule has 1 saturated carbocycles. The maximum Gasteiger partial charge on any atom is 0.410 e. The van der Waals surface area contributed by atoms with Crippen LogP contribution in [0.4, 0.5) is 4.79 Å². The fourth-order valence-electron chi connectivity index (χ4n) is 5.15. The number of ether oxygens (including phenoxy) is 1. The lowest BCUT2D eigenvalue weighted by Crippen LogP contribution is -2.52. The zero-order valence-corrected chi connectivity index (χ0v) is 21.8. The topological polar surface area (TPSA) is 122 Å². The summed E-state index contributed by atoms with van der Waals surface area (Å²) in [6, 6.07) is 5.06. The van der Waals surface area contributed by atoms with E-state index in [4.69, 9.17) is 10.5 Å². The van der Waals surface area contributed by atoms with Crippen LogP contribution in [-0.4, -0.2) is 63.9 Å². The highest BCUT2D eigenvalue weighted by molar-refractivity contribution is 6.05. The highest BCUT2D eigenvalue weighted by Gasteiger charge is 2.39. The van der Waals surface area contributed by atoms with E-state index in [2.05, 4.69) is 17.2 Å². The molecule has 4 amide bonds. The van der Waals surface area contributed by atoms with Gasteiger partial charge in [-0.25, -0.2) is 4.79 Å². The molecule has 9 nitrogen and oxygen atoms in total. The maximum atomic E-state index is 12.9. The molecular weight excluding hydrogens is 472 g/mol. The van der Waals surface area contributed by atoms with E-state index in [9.17, 15) is 19.2 Å². The fourth-order valence-corrected chi connectivity index (χ4v) is 5.15. The van der Waals surface area contributed by atoms with E-state index >= 15 is 0 Å². The summed E-state index contributed by atoms with van der Waals surface area (Å²) in [6.45, 7) is 6.36. The number of carbonyl (C=O) groups is 4. The van der Waals surface area contributed by atoms with E-state index in [1.165, 1.54) is 4.90 Å². The third-order valence-corrected chi connectivity index (χ3v) is 7.04. The highest BCUT2D eigenvalue weighted by atomic mass is 16.6. The van der Waals surface area contributed by atoms with Gasteiger partial charge in [-0.15, -0.1) is 0 Å². The Morgan fingerprint density at radius 2 is 1.89 bits per heavy atom. The zero-order chi connectivity index (χ0) is 26.7. The van der Waals surface area contributed by atoms with Crippen LogP contribution in [0.15, 0.2) is 18.2 Å². The van der Waals surface area contributed by atoms with Crippen LogP contribution in [0.25, 0.3) is 0 Å². The number of carbonyl (C=O) groups excluding carboxylic acids is 4. The first-order valence-electron chi connectivity index (χ1n) is 13.0. The largest absolute Gasteiger partial charge is 0.444 e. The van der Waals surface area contributed by atoms with Gasteiger partial charge in [0.2, 0.25) is 11.8 Å². The van der Waals surface area contributed by atoms with Gasteiger partial charge in [0.25, 0.3) is 5.91 Å². The number of fused-ring (bicyclic) bond motifs is 1. The molecular formula is C28H36N4O5. The van der Waals surface area contributed by atoms with Crippen molar-refractivity contribution < 1.29 is 23.9 Å². The van der Waals surface area contributed by atoms with Gasteiger partial charge in [0.05, 0.1) is 0 Å². The number of hydrogen-bond donors (Lipinski definition) is 2. The normalized spacial score (nSPS) is 23.6. The second-order valence-electron chi connectivity index (χ2n) is 11.1. The molecule has 198 valence electrons. The number of benzene rings is 1. The Labute approximate surface area is 218 Å². The predicted molar refractivity (Wildman–Crippen MR) is 137 cm³/mol. The van der Waals surface area contributed by atoms with Gasteiger partial charge in [-0.1, -0.05) is 11.8 Å². The van der Waals surface area contributed by atoms with Crippen LogP contribution in [0.1, 0.15) is 87.2 Å². The van der Waals surface area contributed by atoms with Gasteiger partial charge in [0, 0.05) is 49.1 Å². The van der Waals surface area contributed by atoms with Crippen LogP contribution < -0.4 is 11.1 Å². The van der Waals surface area contributed by atoms with E-state index in [0.717, 1.165) is 36.8 Å². The van der Waals surface area contributed by atoms with Crippen molar-refractivity contribution in [3.63, 3.8) is 0 Å². The molecule has 1 atom stereocenters. The summed E-state index contributed by atoms with van der Waals surface area (Å²) in [5, 5.41) is 2.32. The van der Waals surface area contributed by atoms with E-state index < -0.39 is 17.6 Å². The minimum atomic E-state index is -0.639. The summed E-state index contributed by atoms with van der Waals surface area (Å²) in [5.41, 5.74) is 7.62. The van der Waals surface area contributed by atoms with Crippen LogP contribution in [-0.2, 0) is 20.9 Å². The second-order valence-corrected chi connectivity index (χ2v) is 11.1. The van der Waals surface area contributed by atoms with E-state index in [1.807, 2.05) is 26.8 Å². The molecule has 3 aliphatic rings. The first-order valence-corrected chi connectivity index (χ1v) is 13.0. The predicted octanol–water partition coefficient (Wildman–Crippen LogP) is 2.70. The molecule has 3 N–H and O–H groups in total. The molecule has 1 aromatic carbocycles. The second kappa shape index (κ2) is 10.9. The monoisotopic (exact) mass is 508 g/mol. The summed E-state index contributed by atoms with van der Waals surface area (Å²) in [6.07, 6.45) is 4.21. The molecule has 0 aromatic heterocycles. The molecule has 9 heteroatoms. The van der Waals surface area contributed by atoms with Crippen LogP contribution >= 0.6 is 0 Å². The lowest BCUT2D eigenvalue weighted by molar-refractivity contribution is -0.136. The molecule has 0 bridgehead atoms. The van der Waals surface area contributed by atoms with Crippen LogP contribution in [0.5, 0.6) is 0 Å². The quantitative estimate of drug-likeness (QED) is 0.476. The summed E-state index contributed by atoms with van der Waals surface area (Å²) < 4.78 is 5.65. The molecule has 0 radical (unpaired) electrons. The highest BCUT2D eigenvalue weighted by Crippen LogP contribution is 2.28. The first kappa shape index (κ1) is 26.7. The lowest BCUT2D eigenvalue weighted by atomic mass is 9.91. The smallest absolute Gasteiger partial charge is 0.410 e. The molecule has 2 heterocycles. The van der Waals surface area contributed by atoms with Crippen molar-refractivity contribution in [3.8, 4) is 11.8 Å². The summed E-state index contributed by atoms with van der Waals surface area (Å²) in [5.74, 6) is 5.38. The Morgan fingerprint density at radius 1 is 1.16 bits per heavy atom. The zero-order valence-electron chi connectivity index (χ0n) is 21.8. The molecule has 2 aliphatic heterocycles. The fraction of sp³-hybridized carbons (Fsp3) is 0.571. The summed E-state index contributed by atoms with van der Waals surface area (Å²) >= 11 is 0. The van der Waals surface area contributed by atoms with Gasteiger partial charge in [-0.05, 0) is 76.6 Å². The third-order valence-electron chi connectivity index (χ3n) is 7.04. The first-order chi connectivity index (χ1) is 17.5. The maximum absolute atomic E-state index is 12.9. The number of imide groups is 1. The molecule has 1 unspecified atom stereocenters. The number of amides is 4. The van der Waals surface area contributed by atoms with Crippen LogP contribution in [0, 0.1) is 11.8 Å². The molecule has 0 spiro atoms. The van der Waals surface area contributed by atoms with Crippen molar-refractivity contribution in [1.82, 2.24) is 15.1 Å². The minimum Gasteiger partial charge on any atom is -0.444 e. The van der Waals surface area contributed by atoms with Crippen molar-refractivity contribution in [2.24, 2.45) is 5.73 Å². The average Bonchev–Trinajstić information content (AvgIpc) is 3.14. The number of nitrogens with one attached hydrogen (secondary N) is 1. The van der Waals surface area contributed by atoms with Crippen molar-refractivity contribution in [3.05, 3.63) is 34.9 Å². The SMILES string of the molecule is CC(C)(C)OC(=O)N(CCC#Cc1ccc2c(c1)CN(C1CCC(=O)NC1=O)C2=O)C1CCC(N)CC1. The Bertz CT molecular complexity index is 1140. The van der Waals surface area contributed by atoms with Crippen molar-refractivity contribution >= 4 is 23.8 Å². The lowest BCUT2D eigenvalue weighted by Gasteiger charge is -2.36.